The first kappa shape index (κ1) is 16.9. The van der Waals surface area contributed by atoms with Gasteiger partial charge in [-0.25, -0.2) is 8.42 Å². The van der Waals surface area contributed by atoms with Gasteiger partial charge in [-0.15, -0.1) is 0 Å². The van der Waals surface area contributed by atoms with E-state index >= 15 is 0 Å². The molecule has 1 amide bonds. The van der Waals surface area contributed by atoms with Gasteiger partial charge in [-0.1, -0.05) is 25.4 Å². The first-order chi connectivity index (χ1) is 9.25. The van der Waals surface area contributed by atoms with Crippen LogP contribution in [0.25, 0.3) is 0 Å². The van der Waals surface area contributed by atoms with E-state index in [9.17, 15) is 13.2 Å². The predicted molar refractivity (Wildman–Crippen MR) is 80.9 cm³/mol. The maximum Gasteiger partial charge on any atom is 0.228 e. The van der Waals surface area contributed by atoms with Gasteiger partial charge in [-0.3, -0.25) is 4.79 Å². The van der Waals surface area contributed by atoms with E-state index in [1.165, 1.54) is 18.2 Å². The molecule has 1 aromatic rings. The lowest BCUT2D eigenvalue weighted by atomic mass is 10.1. The monoisotopic (exact) mass is 318 g/mol. The van der Waals surface area contributed by atoms with E-state index in [0.29, 0.717) is 17.3 Å². The molecular weight excluding hydrogens is 300 g/mol. The Hall–Kier alpha value is -1.11. The summed E-state index contributed by atoms with van der Waals surface area (Å²) in [7, 11) is -3.33. The highest BCUT2D eigenvalue weighted by Crippen LogP contribution is 2.25. The number of carbonyl (C=O) groups is 1. The Balaban J connectivity index is 2.89. The lowest BCUT2D eigenvalue weighted by molar-refractivity contribution is -0.119. The van der Waals surface area contributed by atoms with Crippen molar-refractivity contribution in [2.75, 3.05) is 24.7 Å². The van der Waals surface area contributed by atoms with Crippen LogP contribution in [0, 0.1) is 5.92 Å². The van der Waals surface area contributed by atoms with Gasteiger partial charge in [0.05, 0.1) is 15.6 Å². The number of hydrogen-bond donors (Lipinski definition) is 2. The highest BCUT2D eigenvalue weighted by molar-refractivity contribution is 7.90. The fraction of sp³-hybridized carbons (Fsp3) is 0.462. The maximum absolute atomic E-state index is 12.0. The van der Waals surface area contributed by atoms with Crippen molar-refractivity contribution in [1.82, 2.24) is 5.32 Å². The number of benzene rings is 1. The van der Waals surface area contributed by atoms with Gasteiger partial charge in [0.25, 0.3) is 0 Å². The molecule has 0 aliphatic rings. The third-order valence-electron chi connectivity index (χ3n) is 2.77. The molecule has 0 aromatic heterocycles. The van der Waals surface area contributed by atoms with E-state index < -0.39 is 9.84 Å². The predicted octanol–water partition coefficient (Wildman–Crippen LogP) is 1.93. The number of carbonyl (C=O) groups excluding carboxylic acids is 1. The molecule has 20 heavy (non-hydrogen) atoms. The SMILES string of the molecule is CCNCC(C)C(=O)Nc1cc(S(C)(=O)=O)ccc1Cl. The summed E-state index contributed by atoms with van der Waals surface area (Å²) in [5.41, 5.74) is 0.308. The summed E-state index contributed by atoms with van der Waals surface area (Å²) >= 11 is 5.97. The van der Waals surface area contributed by atoms with Crippen molar-refractivity contribution in [2.24, 2.45) is 5.92 Å². The molecule has 0 saturated carbocycles. The van der Waals surface area contributed by atoms with E-state index in [2.05, 4.69) is 10.6 Å². The number of rotatable bonds is 6. The Labute approximate surface area is 124 Å². The summed E-state index contributed by atoms with van der Waals surface area (Å²) in [4.78, 5) is 12.1. The number of anilines is 1. The van der Waals surface area contributed by atoms with Gasteiger partial charge < -0.3 is 10.6 Å². The van der Waals surface area contributed by atoms with E-state index in [1.807, 2.05) is 6.92 Å². The molecule has 5 nitrogen and oxygen atoms in total. The number of halogens is 1. The summed E-state index contributed by atoms with van der Waals surface area (Å²) in [6, 6.07) is 4.24. The minimum Gasteiger partial charge on any atom is -0.324 e. The van der Waals surface area contributed by atoms with Gasteiger partial charge in [0.1, 0.15) is 0 Å². The van der Waals surface area contributed by atoms with E-state index in [0.717, 1.165) is 12.8 Å². The van der Waals surface area contributed by atoms with E-state index in [-0.39, 0.29) is 16.7 Å². The molecule has 0 aliphatic heterocycles. The number of hydrogen-bond acceptors (Lipinski definition) is 4. The summed E-state index contributed by atoms with van der Waals surface area (Å²) < 4.78 is 23.0. The number of amides is 1. The fourth-order valence-corrected chi connectivity index (χ4v) is 2.35. The summed E-state index contributed by atoms with van der Waals surface area (Å²) in [6.45, 7) is 5.07. The van der Waals surface area contributed by atoms with Crippen LogP contribution in [0.4, 0.5) is 5.69 Å². The van der Waals surface area contributed by atoms with Crippen molar-refractivity contribution in [3.8, 4) is 0 Å². The zero-order valence-electron chi connectivity index (χ0n) is 11.7. The van der Waals surface area contributed by atoms with Crippen molar-refractivity contribution in [3.05, 3.63) is 23.2 Å². The Morgan fingerprint density at radius 3 is 2.60 bits per heavy atom. The average Bonchev–Trinajstić information content (AvgIpc) is 2.37. The molecule has 1 aromatic carbocycles. The topological polar surface area (TPSA) is 75.3 Å². The summed E-state index contributed by atoms with van der Waals surface area (Å²) in [5.74, 6) is -0.452. The minimum atomic E-state index is -3.33. The van der Waals surface area contributed by atoms with E-state index in [1.54, 1.807) is 6.92 Å². The first-order valence-corrected chi connectivity index (χ1v) is 8.53. The van der Waals surface area contributed by atoms with Crippen LogP contribution in [-0.4, -0.2) is 33.7 Å². The molecular formula is C13H19ClN2O3S. The Kier molecular flexibility index (Phi) is 5.98. The number of sulfone groups is 1. The lowest BCUT2D eigenvalue weighted by Crippen LogP contribution is -2.30. The van der Waals surface area contributed by atoms with Gasteiger partial charge in [0, 0.05) is 18.7 Å². The van der Waals surface area contributed by atoms with Crippen LogP contribution in [0.3, 0.4) is 0 Å². The quantitative estimate of drug-likeness (QED) is 0.840. The zero-order valence-corrected chi connectivity index (χ0v) is 13.3. The van der Waals surface area contributed by atoms with Crippen molar-refractivity contribution < 1.29 is 13.2 Å². The van der Waals surface area contributed by atoms with Gasteiger partial charge >= 0.3 is 0 Å². The first-order valence-electron chi connectivity index (χ1n) is 6.27. The van der Waals surface area contributed by atoms with Crippen LogP contribution >= 0.6 is 11.6 Å². The second-order valence-corrected chi connectivity index (χ2v) is 7.03. The second-order valence-electron chi connectivity index (χ2n) is 4.61. The molecule has 0 bridgehead atoms. The fourth-order valence-electron chi connectivity index (χ4n) is 1.54. The van der Waals surface area contributed by atoms with Crippen molar-refractivity contribution in [2.45, 2.75) is 18.7 Å². The zero-order chi connectivity index (χ0) is 15.3. The lowest BCUT2D eigenvalue weighted by Gasteiger charge is -2.14. The highest BCUT2D eigenvalue weighted by Gasteiger charge is 2.16. The molecule has 0 radical (unpaired) electrons. The molecule has 0 fully saturated rings. The van der Waals surface area contributed by atoms with Crippen molar-refractivity contribution in [1.29, 1.82) is 0 Å². The van der Waals surface area contributed by atoms with Crippen LogP contribution in [0.1, 0.15) is 13.8 Å². The Morgan fingerprint density at radius 1 is 1.40 bits per heavy atom. The Morgan fingerprint density at radius 2 is 2.05 bits per heavy atom. The molecule has 0 aliphatic carbocycles. The standard InChI is InChI=1S/C13H19ClN2O3S/c1-4-15-8-9(2)13(17)16-12-7-10(20(3,18)19)5-6-11(12)14/h5-7,9,15H,4,8H2,1-3H3,(H,16,17). The third-order valence-corrected chi connectivity index (χ3v) is 4.21. The molecule has 7 heteroatoms. The van der Waals surface area contributed by atoms with Crippen LogP contribution in [-0.2, 0) is 14.6 Å². The number of nitrogens with one attached hydrogen (secondary N) is 2. The molecule has 1 atom stereocenters. The average molecular weight is 319 g/mol. The molecule has 2 N–H and O–H groups in total. The third kappa shape index (κ3) is 4.77. The largest absolute Gasteiger partial charge is 0.324 e. The van der Waals surface area contributed by atoms with Crippen LogP contribution in [0.5, 0.6) is 0 Å². The van der Waals surface area contributed by atoms with Crippen molar-refractivity contribution >= 4 is 33.0 Å². The van der Waals surface area contributed by atoms with Gasteiger partial charge in [-0.2, -0.15) is 0 Å². The van der Waals surface area contributed by atoms with Crippen LogP contribution in [0.15, 0.2) is 23.1 Å². The molecule has 1 rings (SSSR count). The second kappa shape index (κ2) is 7.06. The summed E-state index contributed by atoms with van der Waals surface area (Å²) in [6.07, 6.45) is 1.11. The minimum absolute atomic E-state index is 0.122. The molecule has 112 valence electrons. The van der Waals surface area contributed by atoms with Gasteiger partial charge in [0.15, 0.2) is 9.84 Å². The maximum atomic E-state index is 12.0. The van der Waals surface area contributed by atoms with E-state index in [4.69, 9.17) is 11.6 Å². The molecule has 0 saturated heterocycles. The van der Waals surface area contributed by atoms with Gasteiger partial charge in [0.2, 0.25) is 5.91 Å². The normalized spacial score (nSPS) is 13.0. The van der Waals surface area contributed by atoms with Gasteiger partial charge in [-0.05, 0) is 24.7 Å². The van der Waals surface area contributed by atoms with Crippen molar-refractivity contribution in [3.63, 3.8) is 0 Å². The molecule has 1 unspecified atom stereocenters. The Bertz CT molecular complexity index is 587. The molecule has 0 heterocycles. The van der Waals surface area contributed by atoms with Crippen LogP contribution < -0.4 is 10.6 Å². The smallest absolute Gasteiger partial charge is 0.228 e. The van der Waals surface area contributed by atoms with Crippen LogP contribution in [0.2, 0.25) is 5.02 Å². The highest BCUT2D eigenvalue weighted by atomic mass is 35.5. The summed E-state index contributed by atoms with van der Waals surface area (Å²) in [5, 5.41) is 6.04. The molecule has 0 spiro atoms.